The van der Waals surface area contributed by atoms with Crippen molar-refractivity contribution >= 4 is 28.9 Å². The Hall–Kier alpha value is -2.85. The summed E-state index contributed by atoms with van der Waals surface area (Å²) < 4.78 is 5.69. The molecule has 3 N–H and O–H groups in total. The Morgan fingerprint density at radius 3 is 0.574 bits per heavy atom. The molecule has 0 saturated carbocycles. The first-order chi connectivity index (χ1) is 45.8. The van der Waals surface area contributed by atoms with E-state index in [1.54, 1.807) is 34.6 Å². The van der Waals surface area contributed by atoms with E-state index < -0.39 is 0 Å². The van der Waals surface area contributed by atoms with E-state index in [0.717, 1.165) is 103 Å². The molecule has 0 bridgehead atoms. The first-order valence-corrected chi connectivity index (χ1v) is 40.4. The molecular weight excluding hydrogens is 1160 g/mol. The fourth-order valence-corrected chi connectivity index (χ4v) is 11.2. The van der Waals surface area contributed by atoms with Crippen LogP contribution in [0.15, 0.2) is 48.6 Å². The van der Waals surface area contributed by atoms with Gasteiger partial charge < -0.3 is 44.0 Å². The minimum absolute atomic E-state index is 0.318. The summed E-state index contributed by atoms with van der Waals surface area (Å²) in [5.41, 5.74) is 0. The summed E-state index contributed by atoms with van der Waals surface area (Å²) in [5, 5.41) is 26.0. The molecule has 94 heavy (non-hydrogen) atoms. The van der Waals surface area contributed by atoms with Crippen molar-refractivity contribution in [3.05, 3.63) is 48.6 Å². The topological polar surface area (TPSA) is 159 Å². The summed E-state index contributed by atoms with van der Waals surface area (Å²) in [6.45, 7) is 13.9. The molecule has 9 nitrogen and oxygen atoms in total. The summed E-state index contributed by atoms with van der Waals surface area (Å²) >= 11 is 0. The lowest BCUT2D eigenvalue weighted by Gasteiger charge is -2.00. The van der Waals surface area contributed by atoms with Crippen LogP contribution in [0.3, 0.4) is 0 Å². The number of Topliss-reactive ketones (excluding diaryl/α,β-unsaturated/α-hetero) is 5. The normalized spacial score (nSPS) is 13.3. The van der Waals surface area contributed by atoms with Crippen LogP contribution in [0.4, 0.5) is 0 Å². The van der Waals surface area contributed by atoms with E-state index in [9.17, 15) is 24.0 Å². The minimum atomic E-state index is 0.318. The quantitative estimate of drug-likeness (QED) is 0.0306. The van der Waals surface area contributed by atoms with E-state index >= 15 is 0 Å². The predicted molar refractivity (Wildman–Crippen MR) is 408 cm³/mol. The van der Waals surface area contributed by atoms with Crippen molar-refractivity contribution in [1.82, 2.24) is 0 Å². The number of carbonyl (C=O) groups is 5. The summed E-state index contributed by atoms with van der Waals surface area (Å²) in [4.78, 5) is 53.7. The van der Waals surface area contributed by atoms with Crippen LogP contribution >= 0.6 is 0 Å². The Bertz CT molecular complexity index is 1570. The number of aliphatic hydroxyl groups is 3. The summed E-state index contributed by atoms with van der Waals surface area (Å²) in [6.07, 6.45) is 91.1. The van der Waals surface area contributed by atoms with Crippen LogP contribution in [0.25, 0.3) is 0 Å². The maximum absolute atomic E-state index is 10.8. The van der Waals surface area contributed by atoms with Gasteiger partial charge in [-0.25, -0.2) is 0 Å². The van der Waals surface area contributed by atoms with Gasteiger partial charge in [0.25, 0.3) is 0 Å². The number of carbonyl (C=O) groups excluding carboxylic acids is 5. The van der Waals surface area contributed by atoms with Gasteiger partial charge in [0, 0.05) is 51.9 Å². The number of rotatable bonds is 68. The van der Waals surface area contributed by atoms with Gasteiger partial charge in [0.1, 0.15) is 28.9 Å². The van der Waals surface area contributed by atoms with Crippen molar-refractivity contribution in [2.45, 2.75) is 446 Å². The molecule has 2 unspecified atom stereocenters. The molecule has 2 atom stereocenters. The molecule has 1 saturated heterocycles. The van der Waals surface area contributed by atoms with E-state index in [2.05, 4.69) is 62.5 Å². The molecule has 0 aliphatic carbocycles. The highest BCUT2D eigenvalue weighted by molar-refractivity contribution is 5.76. The van der Waals surface area contributed by atoms with E-state index in [-0.39, 0.29) is 0 Å². The molecule has 0 spiro atoms. The van der Waals surface area contributed by atoms with E-state index in [1.807, 2.05) is 0 Å². The zero-order chi connectivity index (χ0) is 70.0. The number of ether oxygens (including phenoxy) is 1. The highest BCUT2D eigenvalue weighted by atomic mass is 16.6. The second-order valence-corrected chi connectivity index (χ2v) is 27.6. The molecule has 1 fully saturated rings. The Morgan fingerprint density at radius 2 is 0.394 bits per heavy atom. The Labute approximate surface area is 584 Å². The molecule has 0 radical (unpaired) electrons. The molecule has 0 aromatic heterocycles. The third kappa shape index (κ3) is 103. The van der Waals surface area contributed by atoms with E-state index in [1.165, 1.54) is 283 Å². The SMILES string of the molecule is CC(=O)CCCCCCC/C=C/CCCCCCO.CC(=O)CCCCCCC/C=C\CCCCCCO.CC(=O)CCCCCCCC1OC1CCCCCCO.CCCCCC/C=C/CCCCCCCC(C)=O.CCCCCC/C=C\CCCCCCCC(C)=O. The average Bonchev–Trinajstić information content (AvgIpc) is 2.11. The fourth-order valence-electron chi connectivity index (χ4n) is 11.2. The van der Waals surface area contributed by atoms with E-state index in [0.29, 0.717) is 60.9 Å². The molecule has 0 amide bonds. The predicted octanol–water partition coefficient (Wildman–Crippen LogP) is 25.3. The van der Waals surface area contributed by atoms with Gasteiger partial charge in [-0.05, 0) is 202 Å². The van der Waals surface area contributed by atoms with Crippen LogP contribution in [-0.4, -0.2) is 76.3 Å². The molecule has 1 aliphatic rings. The van der Waals surface area contributed by atoms with Crippen LogP contribution in [0.1, 0.15) is 434 Å². The third-order valence-electron chi connectivity index (χ3n) is 17.4. The van der Waals surface area contributed by atoms with Crippen molar-refractivity contribution in [2.24, 2.45) is 0 Å². The lowest BCUT2D eigenvalue weighted by Crippen LogP contribution is -1.95. The van der Waals surface area contributed by atoms with Gasteiger partial charge in [-0.1, -0.05) is 249 Å². The van der Waals surface area contributed by atoms with E-state index in [4.69, 9.17) is 20.1 Å². The van der Waals surface area contributed by atoms with Crippen molar-refractivity contribution in [3.63, 3.8) is 0 Å². The maximum Gasteiger partial charge on any atom is 0.129 e. The Morgan fingerprint density at radius 1 is 0.234 bits per heavy atom. The van der Waals surface area contributed by atoms with Gasteiger partial charge >= 0.3 is 0 Å². The second kappa shape index (κ2) is 88.2. The molecule has 1 aliphatic heterocycles. The van der Waals surface area contributed by atoms with Gasteiger partial charge in [-0.3, -0.25) is 0 Å². The number of ketones is 5. The molecule has 0 aromatic carbocycles. The highest BCUT2D eigenvalue weighted by Crippen LogP contribution is 2.32. The van der Waals surface area contributed by atoms with Crippen molar-refractivity contribution in [3.8, 4) is 0 Å². The zero-order valence-corrected chi connectivity index (χ0v) is 63.6. The maximum atomic E-state index is 10.8. The zero-order valence-electron chi connectivity index (χ0n) is 63.6. The molecule has 0 aromatic rings. The summed E-state index contributed by atoms with van der Waals surface area (Å²) in [7, 11) is 0. The number of allylic oxidation sites excluding steroid dienone is 8. The standard InChI is InChI=1S/C17H32O3.2C17H32O2.2C17H32O/c1-15(19)11-7-3-2-4-8-12-16-17(20-16)13-9-5-6-10-14-18;2*1-17(19)15-13-11-9-7-5-3-2-4-6-8-10-12-14-16-18;2*1-3-4-5-6-7-8-9-10-11-12-13-14-15-16-17(2)18/h16-18H,2-14H2,1H3;2*2,4,18H,3,5-16H2,1H3;2*8-9H,3-7,10-16H2,1-2H3/b;4-2+;4-2-;9-8+;9-8-. The lowest BCUT2D eigenvalue weighted by atomic mass is 10.0. The van der Waals surface area contributed by atoms with Gasteiger partial charge in [-0.2, -0.15) is 0 Å². The molecular formula is C85H160O9. The minimum Gasteiger partial charge on any atom is -0.396 e. The number of hydrogen-bond acceptors (Lipinski definition) is 9. The third-order valence-corrected chi connectivity index (χ3v) is 17.4. The van der Waals surface area contributed by atoms with Gasteiger partial charge in [0.2, 0.25) is 0 Å². The van der Waals surface area contributed by atoms with Crippen LogP contribution in [0.5, 0.6) is 0 Å². The number of epoxide rings is 1. The van der Waals surface area contributed by atoms with Crippen LogP contribution in [0.2, 0.25) is 0 Å². The monoisotopic (exact) mass is 1330 g/mol. The first kappa shape index (κ1) is 97.5. The molecule has 1 rings (SSSR count). The Balaban J connectivity index is -0.000000539. The smallest absolute Gasteiger partial charge is 0.129 e. The largest absolute Gasteiger partial charge is 0.396 e. The van der Waals surface area contributed by atoms with Gasteiger partial charge in [0.05, 0.1) is 12.2 Å². The van der Waals surface area contributed by atoms with Crippen LogP contribution in [-0.2, 0) is 28.7 Å². The molecule has 9 heteroatoms. The lowest BCUT2D eigenvalue weighted by molar-refractivity contribution is -0.117. The number of unbranched alkanes of at least 4 members (excludes halogenated alkanes) is 43. The molecule has 1 heterocycles. The van der Waals surface area contributed by atoms with Crippen molar-refractivity contribution < 1.29 is 44.0 Å². The average molecular weight is 1330 g/mol. The number of aliphatic hydroxyl groups excluding tert-OH is 3. The van der Waals surface area contributed by atoms with Crippen molar-refractivity contribution in [2.75, 3.05) is 19.8 Å². The summed E-state index contributed by atoms with van der Waals surface area (Å²) in [6, 6.07) is 0. The number of hydrogen-bond donors (Lipinski definition) is 3. The Kier molecular flexibility index (Phi) is 91.5. The first-order valence-electron chi connectivity index (χ1n) is 40.4. The summed E-state index contributed by atoms with van der Waals surface area (Å²) in [5.74, 6) is 1.63. The van der Waals surface area contributed by atoms with Gasteiger partial charge in [-0.15, -0.1) is 0 Å². The van der Waals surface area contributed by atoms with Gasteiger partial charge in [0.15, 0.2) is 0 Å². The molecule has 554 valence electrons. The fraction of sp³-hybridized carbons (Fsp3) is 0.847. The second-order valence-electron chi connectivity index (χ2n) is 27.6. The van der Waals surface area contributed by atoms with Crippen LogP contribution in [0, 0.1) is 0 Å². The highest BCUT2D eigenvalue weighted by Gasteiger charge is 2.36. The van der Waals surface area contributed by atoms with Crippen LogP contribution < -0.4 is 0 Å². The van der Waals surface area contributed by atoms with Crippen molar-refractivity contribution in [1.29, 1.82) is 0 Å².